The Morgan fingerprint density at radius 3 is 1.97 bits per heavy atom. The normalized spacial score (nSPS) is 11.8. The van der Waals surface area contributed by atoms with Gasteiger partial charge in [0.2, 0.25) is 0 Å². The first kappa shape index (κ1) is 20.6. The summed E-state index contributed by atoms with van der Waals surface area (Å²) in [6.45, 7) is 0. The van der Waals surface area contributed by atoms with E-state index in [0.29, 0.717) is 0 Å². The maximum atomic E-state index is 3.68. The van der Waals surface area contributed by atoms with E-state index in [0.717, 1.165) is 11.4 Å². The number of hydrogen-bond donors (Lipinski definition) is 1. The number of anilines is 2. The fourth-order valence-electron chi connectivity index (χ4n) is 5.61. The molecule has 2 nitrogen and oxygen atoms in total. The summed E-state index contributed by atoms with van der Waals surface area (Å²) in [6, 6.07) is 46.0. The van der Waals surface area contributed by atoms with Crippen LogP contribution in [0.25, 0.3) is 58.4 Å². The summed E-state index contributed by atoms with van der Waals surface area (Å²) in [5.74, 6) is 0. The van der Waals surface area contributed by atoms with E-state index in [1.807, 2.05) is 11.3 Å². The van der Waals surface area contributed by atoms with Gasteiger partial charge in [-0.25, -0.2) is 0 Å². The van der Waals surface area contributed by atoms with Crippen LogP contribution in [-0.2, 0) is 0 Å². The molecule has 0 bridgehead atoms. The monoisotopic (exact) mass is 490 g/mol. The van der Waals surface area contributed by atoms with Crippen LogP contribution >= 0.6 is 11.3 Å². The minimum atomic E-state index is 1.08. The topological polar surface area (TPSA) is 17.0 Å². The predicted octanol–water partition coefficient (Wildman–Crippen LogP) is 10.0. The summed E-state index contributed by atoms with van der Waals surface area (Å²) in [4.78, 5) is 0. The molecule has 0 spiro atoms. The van der Waals surface area contributed by atoms with Crippen molar-refractivity contribution >= 4 is 75.5 Å². The molecule has 0 atom stereocenters. The van der Waals surface area contributed by atoms with Gasteiger partial charge in [-0.2, -0.15) is 0 Å². The summed E-state index contributed by atoms with van der Waals surface area (Å²) in [7, 11) is 0. The number of rotatable bonds is 3. The van der Waals surface area contributed by atoms with E-state index >= 15 is 0 Å². The Kier molecular flexibility index (Phi) is 4.42. The van der Waals surface area contributed by atoms with Crippen LogP contribution in [0.4, 0.5) is 11.4 Å². The van der Waals surface area contributed by atoms with E-state index in [-0.39, 0.29) is 0 Å². The molecule has 0 amide bonds. The summed E-state index contributed by atoms with van der Waals surface area (Å²) in [6.07, 6.45) is 0. The van der Waals surface area contributed by atoms with Crippen LogP contribution in [0.15, 0.2) is 127 Å². The molecule has 0 radical (unpaired) electrons. The second-order valence-corrected chi connectivity index (χ2v) is 10.6. The van der Waals surface area contributed by atoms with E-state index in [1.165, 1.54) is 58.4 Å². The maximum Gasteiger partial charge on any atom is 0.0561 e. The van der Waals surface area contributed by atoms with E-state index in [4.69, 9.17) is 0 Å². The third kappa shape index (κ3) is 3.25. The molecule has 174 valence electrons. The molecule has 2 aromatic heterocycles. The first-order valence-electron chi connectivity index (χ1n) is 12.5. The highest BCUT2D eigenvalue weighted by Gasteiger charge is 2.14. The van der Waals surface area contributed by atoms with Crippen molar-refractivity contribution in [2.45, 2.75) is 0 Å². The second-order valence-electron chi connectivity index (χ2n) is 9.55. The van der Waals surface area contributed by atoms with Crippen LogP contribution in [0.5, 0.6) is 0 Å². The molecule has 0 saturated carbocycles. The standard InChI is InChI=1S/C34H22N2S/c1-2-10-26(11-3-1)36-31-19-23-9-5-4-8-22(23)18-30(31)27-16-14-24(20-32(27)36)35-25-15-17-29-28-12-6-7-13-33(28)37-34(29)21-25/h1-21,35H. The molecule has 0 aliphatic heterocycles. The summed E-state index contributed by atoms with van der Waals surface area (Å²) in [5, 5.41) is 11.4. The number of aromatic nitrogens is 1. The number of thiophene rings is 1. The SMILES string of the molecule is c1ccc(-n2c3cc(Nc4ccc5c(c4)sc4ccccc45)ccc3c3cc4ccccc4cc32)cc1. The van der Waals surface area contributed by atoms with Crippen molar-refractivity contribution in [3.05, 3.63) is 127 Å². The van der Waals surface area contributed by atoms with E-state index in [9.17, 15) is 0 Å². The highest BCUT2D eigenvalue weighted by atomic mass is 32.1. The Balaban J connectivity index is 1.31. The van der Waals surface area contributed by atoms with Gasteiger partial charge in [0.15, 0.2) is 0 Å². The fraction of sp³-hybridized carbons (Fsp3) is 0. The Labute approximate surface area is 218 Å². The van der Waals surface area contributed by atoms with Crippen LogP contribution in [0.1, 0.15) is 0 Å². The van der Waals surface area contributed by atoms with Gasteiger partial charge in [-0.3, -0.25) is 0 Å². The highest BCUT2D eigenvalue weighted by molar-refractivity contribution is 7.25. The molecule has 1 N–H and O–H groups in total. The Morgan fingerprint density at radius 1 is 0.459 bits per heavy atom. The zero-order valence-electron chi connectivity index (χ0n) is 20.0. The average molecular weight is 491 g/mol. The lowest BCUT2D eigenvalue weighted by Gasteiger charge is -2.10. The number of nitrogens with zero attached hydrogens (tertiary/aromatic N) is 1. The molecule has 8 aromatic rings. The number of benzene rings is 6. The minimum Gasteiger partial charge on any atom is -0.355 e. The van der Waals surface area contributed by atoms with Crippen molar-refractivity contribution < 1.29 is 0 Å². The lowest BCUT2D eigenvalue weighted by molar-refractivity contribution is 1.18. The molecule has 6 aromatic carbocycles. The van der Waals surface area contributed by atoms with Crippen LogP contribution < -0.4 is 5.32 Å². The zero-order chi connectivity index (χ0) is 24.3. The van der Waals surface area contributed by atoms with Crippen molar-refractivity contribution in [2.75, 3.05) is 5.32 Å². The minimum absolute atomic E-state index is 1.08. The van der Waals surface area contributed by atoms with Crippen molar-refractivity contribution in [2.24, 2.45) is 0 Å². The van der Waals surface area contributed by atoms with E-state index in [2.05, 4.69) is 137 Å². The number of hydrogen-bond acceptors (Lipinski definition) is 2. The van der Waals surface area contributed by atoms with Gasteiger partial charge in [-0.05, 0) is 65.4 Å². The Morgan fingerprint density at radius 2 is 1.11 bits per heavy atom. The van der Waals surface area contributed by atoms with Crippen molar-refractivity contribution in [1.82, 2.24) is 4.57 Å². The van der Waals surface area contributed by atoms with Gasteiger partial charge in [-0.15, -0.1) is 11.3 Å². The molecule has 37 heavy (non-hydrogen) atoms. The maximum absolute atomic E-state index is 3.68. The first-order valence-corrected chi connectivity index (χ1v) is 13.3. The van der Waals surface area contributed by atoms with Crippen LogP contribution in [0, 0.1) is 0 Å². The van der Waals surface area contributed by atoms with Crippen molar-refractivity contribution in [1.29, 1.82) is 0 Å². The Bertz CT molecular complexity index is 2120. The number of nitrogens with one attached hydrogen (secondary N) is 1. The summed E-state index contributed by atoms with van der Waals surface area (Å²) < 4.78 is 5.02. The molecule has 0 aliphatic carbocycles. The van der Waals surface area contributed by atoms with Gasteiger partial charge in [-0.1, -0.05) is 72.8 Å². The third-order valence-electron chi connectivity index (χ3n) is 7.32. The lowest BCUT2D eigenvalue weighted by Crippen LogP contribution is -1.95. The van der Waals surface area contributed by atoms with Crippen LogP contribution in [-0.4, -0.2) is 4.57 Å². The van der Waals surface area contributed by atoms with Gasteiger partial charge in [0.1, 0.15) is 0 Å². The molecule has 0 aliphatic rings. The van der Waals surface area contributed by atoms with Crippen LogP contribution in [0.2, 0.25) is 0 Å². The molecular weight excluding hydrogens is 468 g/mol. The molecule has 0 unspecified atom stereocenters. The van der Waals surface area contributed by atoms with E-state index in [1.54, 1.807) is 0 Å². The quantitative estimate of drug-likeness (QED) is 0.261. The molecule has 3 heteroatoms. The van der Waals surface area contributed by atoms with Gasteiger partial charge in [0, 0.05) is 48.0 Å². The van der Waals surface area contributed by atoms with Gasteiger partial charge in [0.25, 0.3) is 0 Å². The molecule has 2 heterocycles. The average Bonchev–Trinajstić information content (AvgIpc) is 3.46. The van der Waals surface area contributed by atoms with Crippen molar-refractivity contribution in [3.63, 3.8) is 0 Å². The smallest absolute Gasteiger partial charge is 0.0561 e. The summed E-state index contributed by atoms with van der Waals surface area (Å²) >= 11 is 1.85. The molecular formula is C34H22N2S. The number of para-hydroxylation sites is 1. The van der Waals surface area contributed by atoms with E-state index < -0.39 is 0 Å². The lowest BCUT2D eigenvalue weighted by atomic mass is 10.1. The zero-order valence-corrected chi connectivity index (χ0v) is 20.8. The second kappa shape index (κ2) is 7.95. The van der Waals surface area contributed by atoms with Gasteiger partial charge >= 0.3 is 0 Å². The predicted molar refractivity (Wildman–Crippen MR) is 161 cm³/mol. The van der Waals surface area contributed by atoms with Gasteiger partial charge in [0.05, 0.1) is 11.0 Å². The molecule has 8 rings (SSSR count). The summed E-state index contributed by atoms with van der Waals surface area (Å²) in [5.41, 5.74) is 5.78. The van der Waals surface area contributed by atoms with Gasteiger partial charge < -0.3 is 9.88 Å². The largest absolute Gasteiger partial charge is 0.355 e. The third-order valence-corrected chi connectivity index (χ3v) is 8.45. The highest BCUT2D eigenvalue weighted by Crippen LogP contribution is 2.38. The fourth-order valence-corrected chi connectivity index (χ4v) is 6.75. The molecule has 0 saturated heterocycles. The number of fused-ring (bicyclic) bond motifs is 7. The Hall–Kier alpha value is -4.60. The molecule has 0 fully saturated rings. The van der Waals surface area contributed by atoms with Crippen LogP contribution in [0.3, 0.4) is 0 Å². The first-order chi connectivity index (χ1) is 18.3. The van der Waals surface area contributed by atoms with Crippen molar-refractivity contribution in [3.8, 4) is 5.69 Å².